The van der Waals surface area contributed by atoms with E-state index in [4.69, 9.17) is 0 Å². The molecule has 1 amide bonds. The number of amides is 1. The number of thioether (sulfide) groups is 1. The standard InChI is InChI=1S/C18H23NO5S/c1-12(16(20)19-11-5-8-14(19)17(21)22)25-15(18(23)24)10-9-13-6-3-2-4-7-13/h2-4,6-7,12,14-15H,5,8-11H2,1H3,(H,21,22)(H,23,24). The maximum Gasteiger partial charge on any atom is 0.326 e. The van der Waals surface area contributed by atoms with Gasteiger partial charge in [0.05, 0.1) is 5.25 Å². The van der Waals surface area contributed by atoms with E-state index in [0.29, 0.717) is 32.2 Å². The summed E-state index contributed by atoms with van der Waals surface area (Å²) in [7, 11) is 0. The van der Waals surface area contributed by atoms with Gasteiger partial charge in [-0.3, -0.25) is 9.59 Å². The third-order valence-electron chi connectivity index (χ3n) is 4.35. The maximum absolute atomic E-state index is 12.5. The first-order valence-electron chi connectivity index (χ1n) is 8.35. The lowest BCUT2D eigenvalue weighted by Gasteiger charge is -2.26. The Morgan fingerprint density at radius 1 is 1.24 bits per heavy atom. The van der Waals surface area contributed by atoms with E-state index in [1.54, 1.807) is 6.92 Å². The monoisotopic (exact) mass is 365 g/mol. The van der Waals surface area contributed by atoms with Gasteiger partial charge in [-0.15, -0.1) is 11.8 Å². The van der Waals surface area contributed by atoms with Gasteiger partial charge in [-0.05, 0) is 38.2 Å². The van der Waals surface area contributed by atoms with Crippen molar-refractivity contribution in [1.29, 1.82) is 0 Å². The van der Waals surface area contributed by atoms with Gasteiger partial charge < -0.3 is 15.1 Å². The number of rotatable bonds is 8. The average molecular weight is 365 g/mol. The van der Waals surface area contributed by atoms with Crippen molar-refractivity contribution in [1.82, 2.24) is 4.90 Å². The second-order valence-corrected chi connectivity index (χ2v) is 7.71. The molecule has 1 aromatic carbocycles. The number of carbonyl (C=O) groups is 3. The minimum Gasteiger partial charge on any atom is -0.480 e. The van der Waals surface area contributed by atoms with E-state index in [0.717, 1.165) is 17.3 Å². The SMILES string of the molecule is CC(SC(CCc1ccccc1)C(=O)O)C(=O)N1CCCC1C(=O)O. The van der Waals surface area contributed by atoms with Crippen molar-refractivity contribution >= 4 is 29.6 Å². The van der Waals surface area contributed by atoms with Crippen molar-refractivity contribution in [2.75, 3.05) is 6.54 Å². The fourth-order valence-electron chi connectivity index (χ4n) is 3.02. The molecule has 1 saturated heterocycles. The highest BCUT2D eigenvalue weighted by Gasteiger charge is 2.37. The van der Waals surface area contributed by atoms with Gasteiger partial charge in [0.2, 0.25) is 5.91 Å². The smallest absolute Gasteiger partial charge is 0.326 e. The molecule has 7 heteroatoms. The van der Waals surface area contributed by atoms with Crippen molar-refractivity contribution in [3.63, 3.8) is 0 Å². The summed E-state index contributed by atoms with van der Waals surface area (Å²) in [5.41, 5.74) is 1.05. The van der Waals surface area contributed by atoms with Gasteiger partial charge in [-0.25, -0.2) is 4.79 Å². The van der Waals surface area contributed by atoms with E-state index >= 15 is 0 Å². The molecule has 1 aromatic rings. The van der Waals surface area contributed by atoms with Crippen LogP contribution in [0, 0.1) is 0 Å². The van der Waals surface area contributed by atoms with Crippen molar-refractivity contribution < 1.29 is 24.6 Å². The highest BCUT2D eigenvalue weighted by molar-refractivity contribution is 8.01. The molecule has 2 N–H and O–H groups in total. The molecule has 6 nitrogen and oxygen atoms in total. The molecule has 1 fully saturated rings. The highest BCUT2D eigenvalue weighted by Crippen LogP contribution is 2.27. The molecule has 0 bridgehead atoms. The molecule has 136 valence electrons. The molecule has 0 saturated carbocycles. The van der Waals surface area contributed by atoms with E-state index in [2.05, 4.69) is 0 Å². The van der Waals surface area contributed by atoms with Crippen LogP contribution in [-0.4, -0.2) is 56.0 Å². The number of carbonyl (C=O) groups excluding carboxylic acids is 1. The van der Waals surface area contributed by atoms with Gasteiger partial charge in [0.15, 0.2) is 0 Å². The zero-order valence-corrected chi connectivity index (χ0v) is 14.9. The maximum atomic E-state index is 12.5. The molecule has 3 unspecified atom stereocenters. The quantitative estimate of drug-likeness (QED) is 0.734. The number of benzene rings is 1. The fourth-order valence-corrected chi connectivity index (χ4v) is 4.13. The Balaban J connectivity index is 1.95. The minimum atomic E-state index is -0.998. The minimum absolute atomic E-state index is 0.291. The molecule has 1 heterocycles. The van der Waals surface area contributed by atoms with Crippen molar-refractivity contribution in [2.24, 2.45) is 0 Å². The first kappa shape index (κ1) is 19.3. The van der Waals surface area contributed by atoms with E-state index in [1.807, 2.05) is 30.3 Å². The molecular weight excluding hydrogens is 342 g/mol. The number of carboxylic acid groups (broad SMARTS) is 2. The van der Waals surface area contributed by atoms with Crippen molar-refractivity contribution in [2.45, 2.75) is 49.1 Å². The van der Waals surface area contributed by atoms with Gasteiger partial charge in [-0.2, -0.15) is 0 Å². The summed E-state index contributed by atoms with van der Waals surface area (Å²) in [4.78, 5) is 36.7. The van der Waals surface area contributed by atoms with Crippen LogP contribution in [0.2, 0.25) is 0 Å². The molecule has 2 rings (SSSR count). The average Bonchev–Trinajstić information content (AvgIpc) is 3.08. The molecule has 0 aromatic heterocycles. The topological polar surface area (TPSA) is 94.9 Å². The summed E-state index contributed by atoms with van der Waals surface area (Å²) in [5.74, 6) is -2.24. The molecule has 0 aliphatic carbocycles. The number of aliphatic carboxylic acids is 2. The van der Waals surface area contributed by atoms with E-state index < -0.39 is 28.5 Å². The summed E-state index contributed by atoms with van der Waals surface area (Å²) in [6.45, 7) is 2.07. The van der Waals surface area contributed by atoms with Crippen LogP contribution in [-0.2, 0) is 20.8 Å². The molecule has 0 radical (unpaired) electrons. The number of nitrogens with zero attached hydrogens (tertiary/aromatic N) is 1. The Bertz CT molecular complexity index is 621. The van der Waals surface area contributed by atoms with Crippen LogP contribution in [0.15, 0.2) is 30.3 Å². The number of hydrogen-bond donors (Lipinski definition) is 2. The van der Waals surface area contributed by atoms with Gasteiger partial charge >= 0.3 is 11.9 Å². The van der Waals surface area contributed by atoms with Gasteiger partial charge in [-0.1, -0.05) is 30.3 Å². The first-order valence-corrected chi connectivity index (χ1v) is 9.30. The summed E-state index contributed by atoms with van der Waals surface area (Å²) in [6, 6.07) is 8.82. The van der Waals surface area contributed by atoms with Crippen LogP contribution in [0.3, 0.4) is 0 Å². The zero-order valence-electron chi connectivity index (χ0n) is 14.1. The molecule has 1 aliphatic heterocycles. The molecule has 1 aliphatic rings. The molecular formula is C18H23NO5S. The molecule has 0 spiro atoms. The zero-order chi connectivity index (χ0) is 18.4. The summed E-state index contributed by atoms with van der Waals surface area (Å²) in [5, 5.41) is 17.4. The first-order chi connectivity index (χ1) is 11.9. The highest BCUT2D eigenvalue weighted by atomic mass is 32.2. The van der Waals surface area contributed by atoms with Crippen LogP contribution < -0.4 is 0 Å². The second kappa shape index (κ2) is 8.89. The van der Waals surface area contributed by atoms with Crippen LogP contribution in [0.4, 0.5) is 0 Å². The predicted octanol–water partition coefficient (Wildman–Crippen LogP) is 2.27. The molecule has 25 heavy (non-hydrogen) atoms. The summed E-state index contributed by atoms with van der Waals surface area (Å²) in [6.07, 6.45) is 2.16. The lowest BCUT2D eigenvalue weighted by Crippen LogP contribution is -2.44. The Labute approximate surface area is 151 Å². The largest absolute Gasteiger partial charge is 0.480 e. The number of carboxylic acids is 2. The Morgan fingerprint density at radius 2 is 1.92 bits per heavy atom. The number of aryl methyl sites for hydroxylation is 1. The van der Waals surface area contributed by atoms with Crippen LogP contribution in [0.5, 0.6) is 0 Å². The second-order valence-electron chi connectivity index (χ2n) is 6.16. The van der Waals surface area contributed by atoms with Crippen molar-refractivity contribution in [3.05, 3.63) is 35.9 Å². The normalized spacial score (nSPS) is 19.4. The summed E-state index contributed by atoms with van der Waals surface area (Å²) < 4.78 is 0. The summed E-state index contributed by atoms with van der Waals surface area (Å²) >= 11 is 1.10. The van der Waals surface area contributed by atoms with Gasteiger partial charge in [0.25, 0.3) is 0 Å². The lowest BCUT2D eigenvalue weighted by molar-refractivity contribution is -0.147. The van der Waals surface area contributed by atoms with Gasteiger partial charge in [0, 0.05) is 6.54 Å². The fraction of sp³-hybridized carbons (Fsp3) is 0.500. The number of hydrogen-bond acceptors (Lipinski definition) is 4. The molecule has 3 atom stereocenters. The Morgan fingerprint density at radius 3 is 2.52 bits per heavy atom. The van der Waals surface area contributed by atoms with E-state index in [9.17, 15) is 24.6 Å². The van der Waals surface area contributed by atoms with Crippen LogP contribution in [0.25, 0.3) is 0 Å². The third kappa shape index (κ3) is 5.22. The van der Waals surface area contributed by atoms with Crippen LogP contribution in [0.1, 0.15) is 31.7 Å². The number of likely N-dealkylation sites (tertiary alicyclic amines) is 1. The van der Waals surface area contributed by atoms with E-state index in [-0.39, 0.29) is 5.91 Å². The third-order valence-corrected chi connectivity index (χ3v) is 5.73. The van der Waals surface area contributed by atoms with Crippen molar-refractivity contribution in [3.8, 4) is 0 Å². The Hall–Kier alpha value is -2.02. The van der Waals surface area contributed by atoms with Crippen LogP contribution >= 0.6 is 11.8 Å². The van der Waals surface area contributed by atoms with Gasteiger partial charge in [0.1, 0.15) is 11.3 Å². The predicted molar refractivity (Wildman–Crippen MR) is 95.6 cm³/mol. The van der Waals surface area contributed by atoms with E-state index in [1.165, 1.54) is 4.90 Å². The Kier molecular flexibility index (Phi) is 6.87. The lowest BCUT2D eigenvalue weighted by atomic mass is 10.1.